The van der Waals surface area contributed by atoms with Crippen LogP contribution in [-0.4, -0.2) is 48.9 Å². The van der Waals surface area contributed by atoms with Crippen LogP contribution in [-0.2, 0) is 16.1 Å². The first-order valence-corrected chi connectivity index (χ1v) is 7.63. The second-order valence-corrected chi connectivity index (χ2v) is 5.67. The molecule has 2 heterocycles. The molecule has 0 saturated carbocycles. The Bertz CT molecular complexity index is 649. The van der Waals surface area contributed by atoms with Crippen molar-refractivity contribution in [3.05, 3.63) is 29.3 Å². The molecule has 0 spiro atoms. The van der Waals surface area contributed by atoms with Gasteiger partial charge < -0.3 is 20.3 Å². The summed E-state index contributed by atoms with van der Waals surface area (Å²) in [6.07, 6.45) is 1.10. The highest BCUT2D eigenvalue weighted by Crippen LogP contribution is 2.33. The first-order valence-electron chi connectivity index (χ1n) is 7.63. The maximum absolute atomic E-state index is 12.6. The SMILES string of the molecule is CNC(=O)COc1cccc2c1CN(C1CCC(=O)NC1)C2=O. The highest BCUT2D eigenvalue weighted by molar-refractivity contribution is 5.99. The summed E-state index contributed by atoms with van der Waals surface area (Å²) in [6, 6.07) is 5.29. The van der Waals surface area contributed by atoms with E-state index in [-0.39, 0.29) is 30.4 Å². The minimum Gasteiger partial charge on any atom is -0.483 e. The van der Waals surface area contributed by atoms with Gasteiger partial charge in [-0.15, -0.1) is 0 Å². The fraction of sp³-hybridized carbons (Fsp3) is 0.438. The summed E-state index contributed by atoms with van der Waals surface area (Å²) in [4.78, 5) is 37.0. The van der Waals surface area contributed by atoms with Gasteiger partial charge in [0.1, 0.15) is 5.75 Å². The molecule has 1 atom stereocenters. The third kappa shape index (κ3) is 2.99. The van der Waals surface area contributed by atoms with Gasteiger partial charge in [0, 0.05) is 31.1 Å². The molecule has 3 rings (SSSR count). The molecule has 1 unspecified atom stereocenters. The van der Waals surface area contributed by atoms with E-state index in [4.69, 9.17) is 4.74 Å². The Morgan fingerprint density at radius 2 is 2.26 bits per heavy atom. The lowest BCUT2D eigenvalue weighted by atomic mass is 10.1. The van der Waals surface area contributed by atoms with Crippen LogP contribution in [0.1, 0.15) is 28.8 Å². The number of fused-ring (bicyclic) bond motifs is 1. The van der Waals surface area contributed by atoms with Crippen LogP contribution in [0.3, 0.4) is 0 Å². The largest absolute Gasteiger partial charge is 0.483 e. The first-order chi connectivity index (χ1) is 11.1. The fourth-order valence-corrected chi connectivity index (χ4v) is 2.96. The van der Waals surface area contributed by atoms with Crippen molar-refractivity contribution in [2.45, 2.75) is 25.4 Å². The number of likely N-dealkylation sites (N-methyl/N-ethyl adjacent to an activating group) is 1. The second kappa shape index (κ2) is 6.28. The zero-order chi connectivity index (χ0) is 16.4. The van der Waals surface area contributed by atoms with Crippen LogP contribution in [0.15, 0.2) is 18.2 Å². The van der Waals surface area contributed by atoms with Gasteiger partial charge in [-0.25, -0.2) is 0 Å². The second-order valence-electron chi connectivity index (χ2n) is 5.67. The summed E-state index contributed by atoms with van der Waals surface area (Å²) in [5.41, 5.74) is 1.41. The molecule has 0 bridgehead atoms. The molecular formula is C16H19N3O4. The minimum absolute atomic E-state index is 0.000564. The minimum atomic E-state index is -0.223. The van der Waals surface area contributed by atoms with Crippen molar-refractivity contribution in [3.8, 4) is 5.75 Å². The molecule has 0 aliphatic carbocycles. The van der Waals surface area contributed by atoms with Gasteiger partial charge in [0.05, 0.1) is 12.6 Å². The van der Waals surface area contributed by atoms with Crippen LogP contribution in [0.4, 0.5) is 0 Å². The average Bonchev–Trinajstić information content (AvgIpc) is 2.91. The molecule has 7 heteroatoms. The summed E-state index contributed by atoms with van der Waals surface area (Å²) < 4.78 is 5.54. The van der Waals surface area contributed by atoms with Gasteiger partial charge in [0.2, 0.25) is 5.91 Å². The smallest absolute Gasteiger partial charge is 0.257 e. The van der Waals surface area contributed by atoms with Crippen molar-refractivity contribution in [1.82, 2.24) is 15.5 Å². The van der Waals surface area contributed by atoms with Gasteiger partial charge in [-0.05, 0) is 18.6 Å². The average molecular weight is 317 g/mol. The number of benzene rings is 1. The molecular weight excluding hydrogens is 298 g/mol. The van der Waals surface area contributed by atoms with E-state index in [2.05, 4.69) is 10.6 Å². The lowest BCUT2D eigenvalue weighted by Gasteiger charge is -2.31. The Morgan fingerprint density at radius 1 is 1.43 bits per heavy atom. The molecule has 3 amide bonds. The quantitative estimate of drug-likeness (QED) is 0.821. The Labute approximate surface area is 134 Å². The maximum atomic E-state index is 12.6. The van der Waals surface area contributed by atoms with E-state index in [0.717, 1.165) is 5.56 Å². The summed E-state index contributed by atoms with van der Waals surface area (Å²) >= 11 is 0. The topological polar surface area (TPSA) is 87.7 Å². The number of carbonyl (C=O) groups excluding carboxylic acids is 3. The molecule has 23 heavy (non-hydrogen) atoms. The Hall–Kier alpha value is -2.57. The molecule has 1 fully saturated rings. The predicted molar refractivity (Wildman–Crippen MR) is 81.9 cm³/mol. The number of ether oxygens (including phenoxy) is 1. The van der Waals surface area contributed by atoms with Crippen LogP contribution in [0.5, 0.6) is 5.75 Å². The lowest BCUT2D eigenvalue weighted by molar-refractivity contribution is -0.123. The molecule has 0 aromatic heterocycles. The molecule has 2 aliphatic heterocycles. The van der Waals surface area contributed by atoms with Crippen LogP contribution < -0.4 is 15.4 Å². The van der Waals surface area contributed by atoms with E-state index in [1.165, 1.54) is 0 Å². The summed E-state index contributed by atoms with van der Waals surface area (Å²) in [5.74, 6) is 0.312. The van der Waals surface area contributed by atoms with Crippen molar-refractivity contribution in [2.24, 2.45) is 0 Å². The zero-order valence-corrected chi connectivity index (χ0v) is 12.9. The summed E-state index contributed by atoms with van der Waals surface area (Å²) in [7, 11) is 1.55. The zero-order valence-electron chi connectivity index (χ0n) is 12.9. The Balaban J connectivity index is 1.76. The fourth-order valence-electron chi connectivity index (χ4n) is 2.96. The standard InChI is InChI=1S/C16H19N3O4/c1-17-15(21)9-23-13-4-2-3-11-12(13)8-19(16(11)22)10-5-6-14(20)18-7-10/h2-4,10H,5-9H2,1H3,(H,17,21)(H,18,20). The number of hydrogen-bond donors (Lipinski definition) is 2. The summed E-state index contributed by atoms with van der Waals surface area (Å²) in [5, 5.41) is 5.30. The molecule has 7 nitrogen and oxygen atoms in total. The number of nitrogens with zero attached hydrogens (tertiary/aromatic N) is 1. The van der Waals surface area contributed by atoms with Crippen molar-refractivity contribution >= 4 is 17.7 Å². The third-order valence-electron chi connectivity index (χ3n) is 4.27. The number of piperidine rings is 1. The highest BCUT2D eigenvalue weighted by Gasteiger charge is 2.36. The number of hydrogen-bond acceptors (Lipinski definition) is 4. The monoisotopic (exact) mass is 317 g/mol. The third-order valence-corrected chi connectivity index (χ3v) is 4.27. The molecule has 2 aliphatic rings. The number of carbonyl (C=O) groups is 3. The van der Waals surface area contributed by atoms with Crippen LogP contribution >= 0.6 is 0 Å². The van der Waals surface area contributed by atoms with Crippen molar-refractivity contribution in [3.63, 3.8) is 0 Å². The number of amides is 3. The molecule has 0 radical (unpaired) electrons. The molecule has 2 N–H and O–H groups in total. The van der Waals surface area contributed by atoms with Gasteiger partial charge in [0.15, 0.2) is 6.61 Å². The van der Waals surface area contributed by atoms with Crippen molar-refractivity contribution < 1.29 is 19.1 Å². The molecule has 1 saturated heterocycles. The first kappa shape index (κ1) is 15.3. The van der Waals surface area contributed by atoms with E-state index in [9.17, 15) is 14.4 Å². The van der Waals surface area contributed by atoms with Gasteiger partial charge in [-0.3, -0.25) is 14.4 Å². The number of nitrogens with one attached hydrogen (secondary N) is 2. The molecule has 122 valence electrons. The van der Waals surface area contributed by atoms with E-state index >= 15 is 0 Å². The summed E-state index contributed by atoms with van der Waals surface area (Å²) in [6.45, 7) is 0.840. The number of rotatable bonds is 4. The predicted octanol–water partition coefficient (Wildman–Crippen LogP) is 0.0458. The van der Waals surface area contributed by atoms with E-state index < -0.39 is 0 Å². The lowest BCUT2D eigenvalue weighted by Crippen LogP contribution is -2.48. The normalized spacial score (nSPS) is 20.0. The van der Waals surface area contributed by atoms with Crippen LogP contribution in [0.25, 0.3) is 0 Å². The van der Waals surface area contributed by atoms with Gasteiger partial charge in [-0.2, -0.15) is 0 Å². The van der Waals surface area contributed by atoms with E-state index in [0.29, 0.717) is 37.2 Å². The molecule has 1 aromatic carbocycles. The molecule has 1 aromatic rings. The van der Waals surface area contributed by atoms with Gasteiger partial charge >= 0.3 is 0 Å². The van der Waals surface area contributed by atoms with Gasteiger partial charge in [0.25, 0.3) is 11.8 Å². The van der Waals surface area contributed by atoms with Crippen LogP contribution in [0, 0.1) is 0 Å². The van der Waals surface area contributed by atoms with E-state index in [1.54, 1.807) is 30.1 Å². The Kier molecular flexibility index (Phi) is 4.18. The maximum Gasteiger partial charge on any atom is 0.257 e. The van der Waals surface area contributed by atoms with Crippen molar-refractivity contribution in [1.29, 1.82) is 0 Å². The Morgan fingerprint density at radius 3 is 2.96 bits per heavy atom. The van der Waals surface area contributed by atoms with Gasteiger partial charge in [-0.1, -0.05) is 6.07 Å². The van der Waals surface area contributed by atoms with Crippen LogP contribution in [0.2, 0.25) is 0 Å². The van der Waals surface area contributed by atoms with E-state index in [1.807, 2.05) is 0 Å². The van der Waals surface area contributed by atoms with Crippen molar-refractivity contribution in [2.75, 3.05) is 20.2 Å². The highest BCUT2D eigenvalue weighted by atomic mass is 16.5.